The minimum atomic E-state index is -1.51. The summed E-state index contributed by atoms with van der Waals surface area (Å²) >= 11 is 0. The summed E-state index contributed by atoms with van der Waals surface area (Å²) in [6.45, 7) is 10.4. The number of hydrogen-bond acceptors (Lipinski definition) is 5. The van der Waals surface area contributed by atoms with Gasteiger partial charge in [0.1, 0.15) is 12.2 Å². The molecule has 2 heterocycles. The van der Waals surface area contributed by atoms with Crippen molar-refractivity contribution in [2.45, 2.75) is 75.3 Å². The van der Waals surface area contributed by atoms with E-state index in [0.29, 0.717) is 0 Å². The first-order valence-electron chi connectivity index (χ1n) is 7.21. The van der Waals surface area contributed by atoms with Crippen LogP contribution >= 0.6 is 0 Å². The summed E-state index contributed by atoms with van der Waals surface area (Å²) in [4.78, 5) is 12.8. The molecule has 0 aromatic carbocycles. The second-order valence-corrected chi connectivity index (χ2v) is 13.0. The van der Waals surface area contributed by atoms with Crippen LogP contribution in [0, 0.1) is 0 Å². The number of rotatable bonds is 2. The largest absolute Gasteiger partial charge is 0.353 e. The monoisotopic (exact) mass is 300 g/mol. The van der Waals surface area contributed by atoms with Gasteiger partial charge in [-0.05, 0) is 20.3 Å². The van der Waals surface area contributed by atoms with Crippen LogP contribution in [-0.2, 0) is 23.7 Å². The molecule has 2 saturated heterocycles. The van der Waals surface area contributed by atoms with E-state index in [1.54, 1.807) is 7.11 Å². The Balaban J connectivity index is 1.87. The topological polar surface area (TPSA) is 54.0 Å². The molecular formula is C14H24O5Si. The number of Topliss-reactive ketones (excluding diaryl/α,β-unsaturated/α-hetero) is 1. The van der Waals surface area contributed by atoms with Crippen LogP contribution in [0.4, 0.5) is 0 Å². The highest BCUT2D eigenvalue weighted by Crippen LogP contribution is 2.57. The van der Waals surface area contributed by atoms with Gasteiger partial charge in [0.15, 0.2) is 23.5 Å². The fourth-order valence-electron chi connectivity index (χ4n) is 3.59. The summed E-state index contributed by atoms with van der Waals surface area (Å²) < 4.78 is 23.1. The summed E-state index contributed by atoms with van der Waals surface area (Å²) in [5.41, 5.74) is -0.699. The van der Waals surface area contributed by atoms with Gasteiger partial charge in [-0.15, -0.1) is 0 Å². The first kappa shape index (κ1) is 14.7. The van der Waals surface area contributed by atoms with Gasteiger partial charge in [-0.2, -0.15) is 0 Å². The quantitative estimate of drug-likeness (QED) is 0.729. The second kappa shape index (κ2) is 4.13. The maximum Gasteiger partial charge on any atom is 0.187 e. The Morgan fingerprint density at radius 1 is 1.20 bits per heavy atom. The van der Waals surface area contributed by atoms with Gasteiger partial charge in [-0.25, -0.2) is 0 Å². The van der Waals surface area contributed by atoms with Crippen LogP contribution in [-0.4, -0.2) is 50.9 Å². The third-order valence-corrected chi connectivity index (χ3v) is 7.26. The highest BCUT2D eigenvalue weighted by molar-refractivity contribution is 6.81. The summed E-state index contributed by atoms with van der Waals surface area (Å²) in [5.74, 6) is -0.500. The van der Waals surface area contributed by atoms with E-state index in [1.165, 1.54) is 0 Å². The van der Waals surface area contributed by atoms with E-state index in [2.05, 4.69) is 19.6 Å². The van der Waals surface area contributed by atoms with Crippen LogP contribution in [0.15, 0.2) is 0 Å². The number of carbonyl (C=O) groups excluding carboxylic acids is 1. The fraction of sp³-hybridized carbons (Fsp3) is 0.929. The summed E-state index contributed by atoms with van der Waals surface area (Å²) in [5, 5.41) is 0. The van der Waals surface area contributed by atoms with Crippen LogP contribution in [0.2, 0.25) is 25.2 Å². The molecule has 5 nitrogen and oxygen atoms in total. The van der Waals surface area contributed by atoms with Gasteiger partial charge >= 0.3 is 0 Å². The highest BCUT2D eigenvalue weighted by atomic mass is 28.3. The van der Waals surface area contributed by atoms with Crippen molar-refractivity contribution in [3.63, 3.8) is 0 Å². The van der Waals surface area contributed by atoms with Crippen molar-refractivity contribution < 1.29 is 23.7 Å². The van der Waals surface area contributed by atoms with E-state index in [1.807, 2.05) is 13.8 Å². The molecule has 1 saturated carbocycles. The second-order valence-electron chi connectivity index (χ2n) is 7.62. The molecule has 3 rings (SSSR count). The minimum absolute atomic E-state index is 0.145. The maximum atomic E-state index is 12.8. The number of carbonyl (C=O) groups is 1. The lowest BCUT2D eigenvalue weighted by Crippen LogP contribution is -2.64. The summed E-state index contributed by atoms with van der Waals surface area (Å²) in [7, 11) is 0.0689. The van der Waals surface area contributed by atoms with E-state index >= 15 is 0 Å². The first-order valence-corrected chi connectivity index (χ1v) is 10.8. The number of ether oxygens (including phenoxy) is 4. The van der Waals surface area contributed by atoms with Crippen LogP contribution in [0.25, 0.3) is 0 Å². The van der Waals surface area contributed by atoms with Gasteiger partial charge < -0.3 is 18.9 Å². The van der Waals surface area contributed by atoms with Gasteiger partial charge in [0.05, 0.1) is 8.07 Å². The van der Waals surface area contributed by atoms with Crippen molar-refractivity contribution >= 4 is 13.9 Å². The van der Waals surface area contributed by atoms with Gasteiger partial charge in [0.2, 0.25) is 0 Å². The van der Waals surface area contributed by atoms with Crippen molar-refractivity contribution in [2.24, 2.45) is 0 Å². The smallest absolute Gasteiger partial charge is 0.187 e. The Morgan fingerprint density at radius 3 is 2.35 bits per heavy atom. The SMILES string of the molecule is CO[C@@H]1O[C@@]2(CC([Si](C)(C)C)C2=O)[C@@H]2OC(C)(C)OC12. The molecular weight excluding hydrogens is 276 g/mol. The molecule has 5 atom stereocenters. The molecule has 1 aliphatic carbocycles. The lowest BCUT2D eigenvalue weighted by Gasteiger charge is -2.49. The van der Waals surface area contributed by atoms with Crippen LogP contribution in [0.3, 0.4) is 0 Å². The van der Waals surface area contributed by atoms with Gasteiger partial charge in [-0.1, -0.05) is 19.6 Å². The molecule has 2 unspecified atom stereocenters. The first-order chi connectivity index (χ1) is 9.11. The zero-order valence-electron chi connectivity index (χ0n) is 13.1. The van der Waals surface area contributed by atoms with E-state index in [-0.39, 0.29) is 23.5 Å². The molecule has 6 heteroatoms. The van der Waals surface area contributed by atoms with Crippen molar-refractivity contribution in [3.8, 4) is 0 Å². The molecule has 0 bridgehead atoms. The van der Waals surface area contributed by atoms with Crippen molar-refractivity contribution in [1.29, 1.82) is 0 Å². The third kappa shape index (κ3) is 1.85. The normalized spacial score (nSPS) is 46.6. The van der Waals surface area contributed by atoms with Gasteiger partial charge in [0, 0.05) is 12.7 Å². The Bertz CT molecular complexity index is 443. The maximum absolute atomic E-state index is 12.8. The number of hydrogen-bond donors (Lipinski definition) is 0. The number of methoxy groups -OCH3 is 1. The van der Waals surface area contributed by atoms with Crippen LogP contribution in [0.5, 0.6) is 0 Å². The predicted molar refractivity (Wildman–Crippen MR) is 75.2 cm³/mol. The van der Waals surface area contributed by atoms with Crippen molar-refractivity contribution in [1.82, 2.24) is 0 Å². The van der Waals surface area contributed by atoms with E-state index in [9.17, 15) is 4.79 Å². The zero-order valence-corrected chi connectivity index (χ0v) is 14.1. The Hall–Kier alpha value is -0.273. The summed E-state index contributed by atoms with van der Waals surface area (Å²) in [6, 6.07) is 0. The molecule has 2 aliphatic heterocycles. The molecule has 1 spiro atoms. The van der Waals surface area contributed by atoms with E-state index < -0.39 is 25.8 Å². The molecule has 0 amide bonds. The molecule has 0 aromatic rings. The average molecular weight is 300 g/mol. The van der Waals surface area contributed by atoms with E-state index in [0.717, 1.165) is 6.42 Å². The van der Waals surface area contributed by atoms with Crippen molar-refractivity contribution in [3.05, 3.63) is 0 Å². The Morgan fingerprint density at radius 2 is 1.85 bits per heavy atom. The predicted octanol–water partition coefficient (Wildman–Crippen LogP) is 1.93. The standard InChI is InChI=1S/C14H24O5Si/c1-13(2)17-9-11(18-13)14(19-12(9)16-3)7-8(10(14)15)20(4,5)6/h8-9,11-12H,7H2,1-6H3/t8?,9?,11-,12-,14-/m1/s1. The molecule has 114 valence electrons. The molecule has 3 fully saturated rings. The lowest BCUT2D eigenvalue weighted by atomic mass is 9.73. The highest BCUT2D eigenvalue weighted by Gasteiger charge is 2.73. The van der Waals surface area contributed by atoms with E-state index in [4.69, 9.17) is 18.9 Å². The van der Waals surface area contributed by atoms with Gasteiger partial charge in [-0.3, -0.25) is 4.79 Å². The van der Waals surface area contributed by atoms with Crippen LogP contribution in [0.1, 0.15) is 20.3 Å². The molecule has 0 aromatic heterocycles. The average Bonchev–Trinajstić information content (AvgIpc) is 2.76. The number of ketones is 1. The molecule has 0 radical (unpaired) electrons. The lowest BCUT2D eigenvalue weighted by molar-refractivity contribution is -0.254. The molecule has 3 aliphatic rings. The van der Waals surface area contributed by atoms with Crippen molar-refractivity contribution in [2.75, 3.05) is 7.11 Å². The zero-order chi connectivity index (χ0) is 14.9. The number of fused-ring (bicyclic) bond motifs is 2. The fourth-order valence-corrected chi connectivity index (χ4v) is 5.54. The Labute approximate surface area is 120 Å². The van der Waals surface area contributed by atoms with Crippen LogP contribution < -0.4 is 0 Å². The summed E-state index contributed by atoms with van der Waals surface area (Å²) in [6.07, 6.45) is -0.445. The molecule has 20 heavy (non-hydrogen) atoms. The Kier molecular flexibility index (Phi) is 3.03. The minimum Gasteiger partial charge on any atom is -0.353 e. The van der Waals surface area contributed by atoms with Gasteiger partial charge in [0.25, 0.3) is 0 Å². The molecule has 0 N–H and O–H groups in total. The third-order valence-electron chi connectivity index (χ3n) is 4.70.